The summed E-state index contributed by atoms with van der Waals surface area (Å²) in [6.07, 6.45) is 0.729. The van der Waals surface area contributed by atoms with Crippen LogP contribution >= 0.6 is 15.9 Å². The van der Waals surface area contributed by atoms with Gasteiger partial charge in [0.2, 0.25) is 0 Å². The number of aromatic nitrogens is 2. The first-order valence-corrected chi connectivity index (χ1v) is 7.36. The van der Waals surface area contributed by atoms with Crippen molar-refractivity contribution in [2.45, 2.75) is 12.5 Å². The van der Waals surface area contributed by atoms with Crippen molar-refractivity contribution < 1.29 is 0 Å². The summed E-state index contributed by atoms with van der Waals surface area (Å²) < 4.78 is 3.16. The molecule has 0 saturated heterocycles. The normalized spacial score (nSPS) is 12.8. The maximum absolute atomic E-state index is 6.29. The van der Waals surface area contributed by atoms with E-state index in [1.54, 1.807) is 0 Å². The highest BCUT2D eigenvalue weighted by atomic mass is 79.9. The Kier molecular flexibility index (Phi) is 3.59. The molecule has 1 heterocycles. The number of rotatable bonds is 3. The number of halogens is 1. The molecule has 0 aliphatic rings. The highest BCUT2D eigenvalue weighted by Crippen LogP contribution is 2.22. The van der Waals surface area contributed by atoms with Crippen LogP contribution in [0, 0.1) is 0 Å². The topological polar surface area (TPSA) is 43.8 Å². The monoisotopic (exact) mass is 329 g/mol. The molecule has 2 aromatic carbocycles. The summed E-state index contributed by atoms with van der Waals surface area (Å²) in [6, 6.07) is 16.3. The molecule has 3 aromatic rings. The molecule has 102 valence electrons. The van der Waals surface area contributed by atoms with Gasteiger partial charge in [-0.2, -0.15) is 0 Å². The molecule has 0 bridgehead atoms. The van der Waals surface area contributed by atoms with Crippen molar-refractivity contribution in [2.75, 3.05) is 0 Å². The van der Waals surface area contributed by atoms with Crippen molar-refractivity contribution in [1.82, 2.24) is 9.55 Å². The second-order valence-electron chi connectivity index (χ2n) is 4.94. The zero-order valence-electron chi connectivity index (χ0n) is 11.3. The van der Waals surface area contributed by atoms with Crippen LogP contribution in [0.4, 0.5) is 0 Å². The molecular weight excluding hydrogens is 314 g/mol. The van der Waals surface area contributed by atoms with E-state index in [2.05, 4.69) is 38.7 Å². The average molecular weight is 330 g/mol. The molecule has 2 N–H and O–H groups in total. The summed E-state index contributed by atoms with van der Waals surface area (Å²) in [5.74, 6) is 1.01. The third-order valence-electron chi connectivity index (χ3n) is 3.57. The van der Waals surface area contributed by atoms with Crippen molar-refractivity contribution >= 4 is 27.0 Å². The predicted molar refractivity (Wildman–Crippen MR) is 85.5 cm³/mol. The minimum Gasteiger partial charge on any atom is -0.331 e. The second kappa shape index (κ2) is 5.38. The lowest BCUT2D eigenvalue weighted by Crippen LogP contribution is -2.15. The molecule has 1 atom stereocenters. The smallest absolute Gasteiger partial charge is 0.111 e. The lowest BCUT2D eigenvalue weighted by atomic mass is 10.0. The van der Waals surface area contributed by atoms with Crippen molar-refractivity contribution in [1.29, 1.82) is 0 Å². The van der Waals surface area contributed by atoms with Gasteiger partial charge in [-0.15, -0.1) is 0 Å². The molecule has 20 heavy (non-hydrogen) atoms. The Morgan fingerprint density at radius 3 is 2.70 bits per heavy atom. The fraction of sp³-hybridized carbons (Fsp3) is 0.188. The third kappa shape index (κ3) is 2.49. The van der Waals surface area contributed by atoms with E-state index < -0.39 is 0 Å². The van der Waals surface area contributed by atoms with Gasteiger partial charge in [0, 0.05) is 24.0 Å². The van der Waals surface area contributed by atoms with Gasteiger partial charge in [-0.1, -0.05) is 46.3 Å². The van der Waals surface area contributed by atoms with Crippen LogP contribution in [0.25, 0.3) is 11.0 Å². The Morgan fingerprint density at radius 1 is 1.20 bits per heavy atom. The molecule has 3 rings (SSSR count). The molecule has 4 heteroatoms. The molecule has 0 aliphatic heterocycles. The first-order chi connectivity index (χ1) is 9.65. The highest BCUT2D eigenvalue weighted by molar-refractivity contribution is 9.10. The molecule has 0 amide bonds. The number of nitrogens with zero attached hydrogens (tertiary/aromatic N) is 2. The molecule has 1 aromatic heterocycles. The van der Waals surface area contributed by atoms with Gasteiger partial charge in [-0.25, -0.2) is 4.98 Å². The molecule has 0 fully saturated rings. The van der Waals surface area contributed by atoms with Crippen LogP contribution in [0.1, 0.15) is 17.4 Å². The van der Waals surface area contributed by atoms with Crippen molar-refractivity contribution in [2.24, 2.45) is 12.8 Å². The number of hydrogen-bond donors (Lipinski definition) is 1. The standard InChI is InChI=1S/C16H16BrN3/c1-20-15-8-7-12(17)9-14(15)19-16(20)10-13(18)11-5-3-2-4-6-11/h2-9,13H,10,18H2,1H3. The quantitative estimate of drug-likeness (QED) is 0.798. The van der Waals surface area contributed by atoms with Gasteiger partial charge in [0.25, 0.3) is 0 Å². The number of benzene rings is 2. The van der Waals surface area contributed by atoms with E-state index in [4.69, 9.17) is 10.7 Å². The number of fused-ring (bicyclic) bond motifs is 1. The van der Waals surface area contributed by atoms with E-state index >= 15 is 0 Å². The lowest BCUT2D eigenvalue weighted by Gasteiger charge is -2.11. The van der Waals surface area contributed by atoms with Gasteiger partial charge >= 0.3 is 0 Å². The van der Waals surface area contributed by atoms with Crippen molar-refractivity contribution in [3.05, 3.63) is 64.4 Å². The number of aryl methyl sites for hydroxylation is 1. The maximum atomic E-state index is 6.29. The minimum absolute atomic E-state index is 0.0323. The van der Waals surface area contributed by atoms with Crippen LogP contribution in [-0.2, 0) is 13.5 Å². The number of imidazole rings is 1. The van der Waals surface area contributed by atoms with E-state index in [-0.39, 0.29) is 6.04 Å². The zero-order chi connectivity index (χ0) is 14.1. The summed E-state index contributed by atoms with van der Waals surface area (Å²) in [7, 11) is 2.04. The Labute approximate surface area is 126 Å². The average Bonchev–Trinajstić information content (AvgIpc) is 2.75. The maximum Gasteiger partial charge on any atom is 0.111 e. The van der Waals surface area contributed by atoms with Crippen LogP contribution in [0.15, 0.2) is 53.0 Å². The first kappa shape index (κ1) is 13.3. The Hall–Kier alpha value is -1.65. The Balaban J connectivity index is 1.93. The summed E-state index contributed by atoms with van der Waals surface area (Å²) in [4.78, 5) is 4.69. The van der Waals surface area contributed by atoms with Crippen molar-refractivity contribution in [3.8, 4) is 0 Å². The molecular formula is C16H16BrN3. The van der Waals surface area contributed by atoms with Gasteiger partial charge in [0.05, 0.1) is 11.0 Å². The summed E-state index contributed by atoms with van der Waals surface area (Å²) >= 11 is 3.48. The molecule has 1 unspecified atom stereocenters. The Morgan fingerprint density at radius 2 is 1.95 bits per heavy atom. The fourth-order valence-corrected chi connectivity index (χ4v) is 2.77. The highest BCUT2D eigenvalue weighted by Gasteiger charge is 2.13. The largest absolute Gasteiger partial charge is 0.331 e. The summed E-state index contributed by atoms with van der Waals surface area (Å²) in [5, 5.41) is 0. The summed E-state index contributed by atoms with van der Waals surface area (Å²) in [5.41, 5.74) is 9.55. The molecule has 0 spiro atoms. The van der Waals surface area contributed by atoms with Crippen LogP contribution in [0.5, 0.6) is 0 Å². The van der Waals surface area contributed by atoms with E-state index in [9.17, 15) is 0 Å². The molecule has 3 nitrogen and oxygen atoms in total. The molecule has 0 aliphatic carbocycles. The molecule has 0 radical (unpaired) electrons. The number of nitrogens with two attached hydrogens (primary N) is 1. The second-order valence-corrected chi connectivity index (χ2v) is 5.86. The van der Waals surface area contributed by atoms with Crippen LogP contribution in [-0.4, -0.2) is 9.55 Å². The van der Waals surface area contributed by atoms with Gasteiger partial charge < -0.3 is 10.3 Å². The van der Waals surface area contributed by atoms with Crippen LogP contribution in [0.2, 0.25) is 0 Å². The zero-order valence-corrected chi connectivity index (χ0v) is 12.8. The predicted octanol–water partition coefficient (Wildman–Crippen LogP) is 3.58. The van der Waals surface area contributed by atoms with Gasteiger partial charge in [0.1, 0.15) is 5.82 Å². The molecule has 0 saturated carbocycles. The van der Waals surface area contributed by atoms with E-state index in [1.165, 1.54) is 0 Å². The van der Waals surface area contributed by atoms with E-state index in [1.807, 2.05) is 37.4 Å². The first-order valence-electron chi connectivity index (χ1n) is 6.56. The summed E-state index contributed by atoms with van der Waals surface area (Å²) in [6.45, 7) is 0. The van der Waals surface area contributed by atoms with Crippen LogP contribution < -0.4 is 5.73 Å². The van der Waals surface area contributed by atoms with E-state index in [0.29, 0.717) is 0 Å². The van der Waals surface area contributed by atoms with Gasteiger partial charge in [0.15, 0.2) is 0 Å². The fourth-order valence-electron chi connectivity index (χ4n) is 2.42. The van der Waals surface area contributed by atoms with Gasteiger partial charge in [-0.05, 0) is 23.8 Å². The third-order valence-corrected chi connectivity index (χ3v) is 4.06. The lowest BCUT2D eigenvalue weighted by molar-refractivity contribution is 0.665. The number of hydrogen-bond acceptors (Lipinski definition) is 2. The van der Waals surface area contributed by atoms with Crippen molar-refractivity contribution in [3.63, 3.8) is 0 Å². The van der Waals surface area contributed by atoms with Crippen LogP contribution in [0.3, 0.4) is 0 Å². The Bertz CT molecular complexity index is 734. The SMILES string of the molecule is Cn1c(CC(N)c2ccccc2)nc2cc(Br)ccc21. The van der Waals surface area contributed by atoms with E-state index in [0.717, 1.165) is 33.3 Å². The van der Waals surface area contributed by atoms with Gasteiger partial charge in [-0.3, -0.25) is 0 Å². The minimum atomic E-state index is -0.0323.